The molecule has 0 aliphatic carbocycles. The molecular weight excluding hydrogens is 472 g/mol. The zero-order valence-electron chi connectivity index (χ0n) is 19.8. The predicted octanol–water partition coefficient (Wildman–Crippen LogP) is 2.95. The number of allylic oxidation sites excluding steroid dienone is 4. The summed E-state index contributed by atoms with van der Waals surface area (Å²) in [5.74, 6) is -2.14. The summed E-state index contributed by atoms with van der Waals surface area (Å²) in [6, 6.07) is 2.62. The van der Waals surface area contributed by atoms with E-state index in [1.807, 2.05) is 13.8 Å². The SMILES string of the molecule is C=CC(Cl)=CC=C(C)CNC(=O)c1cc2cc(C(=O)O)cnc2n(CC(=O)N2CC(C)(C)C2)c1=O. The van der Waals surface area contributed by atoms with Gasteiger partial charge in [-0.05, 0) is 30.5 Å². The number of carboxylic acids is 1. The Labute approximate surface area is 207 Å². The third-order valence-electron chi connectivity index (χ3n) is 5.55. The molecule has 35 heavy (non-hydrogen) atoms. The molecule has 184 valence electrons. The topological polar surface area (TPSA) is 122 Å². The minimum atomic E-state index is -1.20. The van der Waals surface area contributed by atoms with Crippen molar-refractivity contribution in [3.63, 3.8) is 0 Å². The molecular formula is C25H27ClN4O5. The van der Waals surface area contributed by atoms with Gasteiger partial charge in [-0.2, -0.15) is 0 Å². The van der Waals surface area contributed by atoms with Crippen LogP contribution in [0.15, 0.2) is 58.5 Å². The Hall–Kier alpha value is -3.72. The Balaban J connectivity index is 1.96. The van der Waals surface area contributed by atoms with Crippen LogP contribution in [0, 0.1) is 5.41 Å². The summed E-state index contributed by atoms with van der Waals surface area (Å²) >= 11 is 5.88. The van der Waals surface area contributed by atoms with E-state index in [-0.39, 0.29) is 46.6 Å². The van der Waals surface area contributed by atoms with Crippen molar-refractivity contribution in [1.29, 1.82) is 0 Å². The minimum absolute atomic E-state index is 0.00945. The number of rotatable bonds is 8. The van der Waals surface area contributed by atoms with Crippen LogP contribution in [-0.4, -0.2) is 57.0 Å². The monoisotopic (exact) mass is 498 g/mol. The number of halogens is 1. The molecule has 0 aromatic carbocycles. The molecule has 0 unspecified atom stereocenters. The lowest BCUT2D eigenvalue weighted by Crippen LogP contribution is -2.56. The Bertz CT molecular complexity index is 1330. The van der Waals surface area contributed by atoms with Gasteiger partial charge >= 0.3 is 5.97 Å². The minimum Gasteiger partial charge on any atom is -0.478 e. The van der Waals surface area contributed by atoms with Gasteiger partial charge in [-0.25, -0.2) is 9.78 Å². The molecule has 0 atom stereocenters. The Morgan fingerprint density at radius 2 is 1.94 bits per heavy atom. The van der Waals surface area contributed by atoms with E-state index in [9.17, 15) is 24.3 Å². The summed E-state index contributed by atoms with van der Waals surface area (Å²) in [6.07, 6.45) is 5.93. The van der Waals surface area contributed by atoms with Gasteiger partial charge in [0, 0.05) is 36.2 Å². The zero-order chi connectivity index (χ0) is 25.9. The number of carbonyl (C=O) groups is 3. The van der Waals surface area contributed by atoms with Crippen molar-refractivity contribution in [1.82, 2.24) is 19.8 Å². The highest BCUT2D eigenvalue weighted by Crippen LogP contribution is 2.28. The summed E-state index contributed by atoms with van der Waals surface area (Å²) in [7, 11) is 0. The summed E-state index contributed by atoms with van der Waals surface area (Å²) in [6.45, 7) is 10.4. The fourth-order valence-electron chi connectivity index (χ4n) is 3.75. The molecule has 2 aromatic rings. The van der Waals surface area contributed by atoms with Crippen molar-refractivity contribution in [2.75, 3.05) is 19.6 Å². The van der Waals surface area contributed by atoms with Crippen LogP contribution in [0.3, 0.4) is 0 Å². The number of pyridine rings is 2. The number of nitrogens with zero attached hydrogens (tertiary/aromatic N) is 3. The Morgan fingerprint density at radius 1 is 1.26 bits per heavy atom. The maximum atomic E-state index is 13.3. The van der Waals surface area contributed by atoms with E-state index in [0.29, 0.717) is 18.1 Å². The first-order chi connectivity index (χ1) is 16.4. The molecule has 0 spiro atoms. The second kappa shape index (κ2) is 10.3. The molecule has 3 rings (SSSR count). The molecule has 10 heteroatoms. The second-order valence-corrected chi connectivity index (χ2v) is 9.69. The number of carboxylic acid groups (broad SMARTS) is 1. The molecule has 9 nitrogen and oxygen atoms in total. The van der Waals surface area contributed by atoms with Gasteiger partial charge in [0.2, 0.25) is 5.91 Å². The van der Waals surface area contributed by atoms with Crippen LogP contribution in [0.5, 0.6) is 0 Å². The van der Waals surface area contributed by atoms with E-state index >= 15 is 0 Å². The van der Waals surface area contributed by atoms with E-state index in [1.165, 1.54) is 18.2 Å². The molecule has 1 aliphatic heterocycles. The van der Waals surface area contributed by atoms with Crippen LogP contribution in [-0.2, 0) is 11.3 Å². The largest absolute Gasteiger partial charge is 0.478 e. The maximum absolute atomic E-state index is 13.3. The van der Waals surface area contributed by atoms with Crippen molar-refractivity contribution in [3.8, 4) is 0 Å². The fourth-order valence-corrected chi connectivity index (χ4v) is 3.82. The normalized spacial score (nSPS) is 15.5. The number of hydrogen-bond donors (Lipinski definition) is 2. The van der Waals surface area contributed by atoms with E-state index in [0.717, 1.165) is 16.3 Å². The standard InChI is InChI=1S/C25H27ClN4O5/c1-5-18(26)7-6-15(2)10-28-22(32)19-9-16-8-17(24(34)35)11-27-21(16)30(23(19)33)12-20(31)29-13-25(3,4)14-29/h5-9,11H,1,10,12-14H2,2-4H3,(H,28,32)(H,34,35). The number of fused-ring (bicyclic) bond motifs is 1. The third kappa shape index (κ3) is 6.05. The highest BCUT2D eigenvalue weighted by molar-refractivity contribution is 6.31. The zero-order valence-corrected chi connectivity index (χ0v) is 20.6. The van der Waals surface area contributed by atoms with Crippen molar-refractivity contribution in [2.24, 2.45) is 5.41 Å². The van der Waals surface area contributed by atoms with Crippen LogP contribution >= 0.6 is 11.6 Å². The number of nitrogens with one attached hydrogen (secondary N) is 1. The van der Waals surface area contributed by atoms with Crippen LogP contribution in [0.4, 0.5) is 0 Å². The van der Waals surface area contributed by atoms with E-state index < -0.39 is 17.4 Å². The van der Waals surface area contributed by atoms with Gasteiger partial charge in [-0.1, -0.05) is 49.8 Å². The molecule has 0 saturated carbocycles. The number of likely N-dealkylation sites (tertiary alicyclic amines) is 1. The third-order valence-corrected chi connectivity index (χ3v) is 5.83. The predicted molar refractivity (Wildman–Crippen MR) is 134 cm³/mol. The quantitative estimate of drug-likeness (QED) is 0.540. The lowest BCUT2D eigenvalue weighted by atomic mass is 9.84. The lowest BCUT2D eigenvalue weighted by molar-refractivity contribution is -0.142. The highest BCUT2D eigenvalue weighted by atomic mass is 35.5. The van der Waals surface area contributed by atoms with Gasteiger partial charge < -0.3 is 15.3 Å². The molecule has 2 N–H and O–H groups in total. The van der Waals surface area contributed by atoms with E-state index in [2.05, 4.69) is 16.9 Å². The summed E-state index contributed by atoms with van der Waals surface area (Å²) in [5.41, 5.74) is -0.0967. The first kappa shape index (κ1) is 25.9. The van der Waals surface area contributed by atoms with Crippen molar-refractivity contribution < 1.29 is 19.5 Å². The van der Waals surface area contributed by atoms with Crippen molar-refractivity contribution >= 4 is 40.4 Å². The van der Waals surface area contributed by atoms with Crippen LogP contribution in [0.2, 0.25) is 0 Å². The van der Waals surface area contributed by atoms with Crippen LogP contribution in [0.25, 0.3) is 11.0 Å². The van der Waals surface area contributed by atoms with Gasteiger partial charge in [-0.15, -0.1) is 0 Å². The molecule has 0 radical (unpaired) electrons. The van der Waals surface area contributed by atoms with Gasteiger partial charge in [0.15, 0.2) is 0 Å². The maximum Gasteiger partial charge on any atom is 0.337 e. The highest BCUT2D eigenvalue weighted by Gasteiger charge is 2.37. The molecule has 0 bridgehead atoms. The van der Waals surface area contributed by atoms with Gasteiger partial charge in [-0.3, -0.25) is 19.0 Å². The Morgan fingerprint density at radius 3 is 2.54 bits per heavy atom. The summed E-state index contributed by atoms with van der Waals surface area (Å²) in [4.78, 5) is 56.2. The molecule has 3 heterocycles. The molecule has 1 aliphatic rings. The number of amides is 2. The molecule has 1 fully saturated rings. The van der Waals surface area contributed by atoms with Crippen LogP contribution in [0.1, 0.15) is 41.5 Å². The van der Waals surface area contributed by atoms with E-state index in [4.69, 9.17) is 11.6 Å². The smallest absolute Gasteiger partial charge is 0.337 e. The van der Waals surface area contributed by atoms with Gasteiger partial charge in [0.05, 0.1) is 5.56 Å². The fraction of sp³-hybridized carbons (Fsp3) is 0.320. The average molecular weight is 499 g/mol. The van der Waals surface area contributed by atoms with Crippen molar-refractivity contribution in [3.05, 3.63) is 75.2 Å². The van der Waals surface area contributed by atoms with Crippen molar-refractivity contribution in [2.45, 2.75) is 27.3 Å². The van der Waals surface area contributed by atoms with Crippen LogP contribution < -0.4 is 10.9 Å². The number of carbonyl (C=O) groups excluding carboxylic acids is 2. The molecule has 1 saturated heterocycles. The lowest BCUT2D eigenvalue weighted by Gasteiger charge is -2.45. The Kier molecular flexibility index (Phi) is 7.60. The average Bonchev–Trinajstić information content (AvgIpc) is 2.80. The van der Waals surface area contributed by atoms with Gasteiger partial charge in [0.1, 0.15) is 17.8 Å². The van der Waals surface area contributed by atoms with Gasteiger partial charge in [0.25, 0.3) is 11.5 Å². The number of hydrogen-bond acceptors (Lipinski definition) is 5. The molecule has 2 aromatic heterocycles. The summed E-state index contributed by atoms with van der Waals surface area (Å²) < 4.78 is 1.12. The first-order valence-corrected chi connectivity index (χ1v) is 11.3. The summed E-state index contributed by atoms with van der Waals surface area (Å²) in [5, 5.41) is 12.7. The number of aromatic nitrogens is 2. The molecule has 2 amide bonds. The first-order valence-electron chi connectivity index (χ1n) is 10.9. The number of aromatic carboxylic acids is 1. The van der Waals surface area contributed by atoms with E-state index in [1.54, 1.807) is 24.0 Å². The second-order valence-electron chi connectivity index (χ2n) is 9.26.